The topological polar surface area (TPSA) is 120 Å². The van der Waals surface area contributed by atoms with Crippen molar-refractivity contribution >= 4 is 21.6 Å². The van der Waals surface area contributed by atoms with Crippen LogP contribution in [0.3, 0.4) is 0 Å². The molecule has 0 radical (unpaired) electrons. The second kappa shape index (κ2) is 9.36. The molecular formula is C18H23N3O5S. The number of nitrogens with two attached hydrogens (primary N) is 1. The van der Waals surface area contributed by atoms with Crippen molar-refractivity contribution in [1.29, 1.82) is 0 Å². The summed E-state index contributed by atoms with van der Waals surface area (Å²) < 4.78 is 37.3. The van der Waals surface area contributed by atoms with E-state index in [2.05, 4.69) is 10.0 Å². The van der Waals surface area contributed by atoms with Crippen LogP contribution in [0.25, 0.3) is 0 Å². The Kier molecular flexibility index (Phi) is 7.17. The smallest absolute Gasteiger partial charge is 0.240 e. The molecule has 9 heteroatoms. The summed E-state index contributed by atoms with van der Waals surface area (Å²) >= 11 is 0. The minimum Gasteiger partial charge on any atom is -0.496 e. The van der Waals surface area contributed by atoms with E-state index in [1.807, 2.05) is 0 Å². The van der Waals surface area contributed by atoms with E-state index < -0.39 is 10.0 Å². The second-order valence-corrected chi connectivity index (χ2v) is 7.35. The average Bonchev–Trinajstić information content (AvgIpc) is 2.66. The lowest BCUT2D eigenvalue weighted by atomic mass is 10.1. The summed E-state index contributed by atoms with van der Waals surface area (Å²) in [5.74, 6) is 0.737. The number of rotatable bonds is 9. The number of sulfonamides is 1. The normalized spacial score (nSPS) is 11.1. The molecule has 0 saturated heterocycles. The Morgan fingerprint density at radius 1 is 1.07 bits per heavy atom. The predicted octanol–water partition coefficient (Wildman–Crippen LogP) is 1.12. The first-order valence-corrected chi connectivity index (χ1v) is 9.69. The Hall–Kier alpha value is -2.62. The largest absolute Gasteiger partial charge is 0.496 e. The summed E-state index contributed by atoms with van der Waals surface area (Å²) in [4.78, 5) is 12.5. The van der Waals surface area contributed by atoms with E-state index in [-0.39, 0.29) is 30.3 Å². The fourth-order valence-corrected chi connectivity index (χ4v) is 3.58. The molecular weight excluding hydrogens is 370 g/mol. The highest BCUT2D eigenvalue weighted by atomic mass is 32.2. The van der Waals surface area contributed by atoms with Gasteiger partial charge in [0.2, 0.25) is 15.9 Å². The lowest BCUT2D eigenvalue weighted by molar-refractivity contribution is -0.115. The van der Waals surface area contributed by atoms with Crippen LogP contribution in [-0.2, 0) is 21.2 Å². The van der Waals surface area contributed by atoms with Crippen molar-refractivity contribution in [3.63, 3.8) is 0 Å². The maximum absolute atomic E-state index is 12.4. The van der Waals surface area contributed by atoms with Crippen molar-refractivity contribution in [3.8, 4) is 11.5 Å². The minimum atomic E-state index is -3.68. The molecule has 2 aromatic carbocycles. The molecule has 0 unspecified atom stereocenters. The zero-order chi connectivity index (χ0) is 19.9. The standard InChI is InChI=1S/C18H23N3O5S/c1-25-16-7-4-8-17(26-2)15(16)12-18(22)21-13-5-3-6-14(11-13)27(23,24)20-10-9-19/h3-8,11,20H,9-10,12,19H2,1-2H3,(H,21,22). The van der Waals surface area contributed by atoms with Gasteiger partial charge >= 0.3 is 0 Å². The summed E-state index contributed by atoms with van der Waals surface area (Å²) in [6.45, 7) is 0.322. The summed E-state index contributed by atoms with van der Waals surface area (Å²) in [5, 5.41) is 2.69. The third kappa shape index (κ3) is 5.43. The van der Waals surface area contributed by atoms with E-state index in [0.717, 1.165) is 0 Å². The summed E-state index contributed by atoms with van der Waals surface area (Å²) in [7, 11) is -0.657. The molecule has 146 valence electrons. The Labute approximate surface area is 158 Å². The summed E-state index contributed by atoms with van der Waals surface area (Å²) in [6.07, 6.45) is 0.00951. The highest BCUT2D eigenvalue weighted by Crippen LogP contribution is 2.29. The molecule has 0 aliphatic carbocycles. The van der Waals surface area contributed by atoms with Gasteiger partial charge in [0.1, 0.15) is 11.5 Å². The summed E-state index contributed by atoms with van der Waals surface area (Å²) in [6, 6.07) is 11.2. The first kappa shape index (κ1) is 20.7. The molecule has 0 aliphatic heterocycles. The molecule has 0 aromatic heterocycles. The molecule has 2 aromatic rings. The van der Waals surface area contributed by atoms with Gasteiger partial charge in [-0.2, -0.15) is 0 Å². The van der Waals surface area contributed by atoms with Crippen molar-refractivity contribution < 1.29 is 22.7 Å². The van der Waals surface area contributed by atoms with E-state index >= 15 is 0 Å². The molecule has 0 heterocycles. The van der Waals surface area contributed by atoms with Crippen LogP contribution in [0, 0.1) is 0 Å². The zero-order valence-electron chi connectivity index (χ0n) is 15.2. The highest BCUT2D eigenvalue weighted by molar-refractivity contribution is 7.89. The molecule has 1 amide bonds. The van der Waals surface area contributed by atoms with Gasteiger partial charge in [0, 0.05) is 24.3 Å². The Morgan fingerprint density at radius 2 is 1.70 bits per heavy atom. The number of amides is 1. The number of hydrogen-bond acceptors (Lipinski definition) is 6. The molecule has 8 nitrogen and oxygen atoms in total. The van der Waals surface area contributed by atoms with Crippen LogP contribution in [0.1, 0.15) is 5.56 Å². The second-order valence-electron chi connectivity index (χ2n) is 5.58. The number of carbonyl (C=O) groups excluding carboxylic acids is 1. The van der Waals surface area contributed by atoms with Gasteiger partial charge in [0.15, 0.2) is 0 Å². The van der Waals surface area contributed by atoms with Gasteiger partial charge < -0.3 is 20.5 Å². The molecule has 0 spiro atoms. The number of carbonyl (C=O) groups is 1. The Morgan fingerprint density at radius 3 is 2.30 bits per heavy atom. The number of hydrogen-bond donors (Lipinski definition) is 3. The number of ether oxygens (including phenoxy) is 2. The van der Waals surface area contributed by atoms with E-state index in [4.69, 9.17) is 15.2 Å². The van der Waals surface area contributed by atoms with Crippen LogP contribution in [0.4, 0.5) is 5.69 Å². The third-order valence-electron chi connectivity index (χ3n) is 3.73. The Balaban J connectivity index is 2.17. The van der Waals surface area contributed by atoms with E-state index in [0.29, 0.717) is 22.7 Å². The van der Waals surface area contributed by atoms with Gasteiger partial charge in [0.25, 0.3) is 0 Å². The van der Waals surface area contributed by atoms with Crippen molar-refractivity contribution in [2.75, 3.05) is 32.6 Å². The van der Waals surface area contributed by atoms with Gasteiger partial charge in [-0.05, 0) is 30.3 Å². The molecule has 4 N–H and O–H groups in total. The van der Waals surface area contributed by atoms with Crippen molar-refractivity contribution in [1.82, 2.24) is 4.72 Å². The molecule has 2 rings (SSSR count). The Bertz CT molecular complexity index is 877. The zero-order valence-corrected chi connectivity index (χ0v) is 16.0. The number of anilines is 1. The van der Waals surface area contributed by atoms with Crippen molar-refractivity contribution in [3.05, 3.63) is 48.0 Å². The molecule has 0 fully saturated rings. The van der Waals surface area contributed by atoms with Crippen LogP contribution in [0.5, 0.6) is 11.5 Å². The third-order valence-corrected chi connectivity index (χ3v) is 5.19. The monoisotopic (exact) mass is 393 g/mol. The molecule has 0 saturated carbocycles. The van der Waals surface area contributed by atoms with Gasteiger partial charge in [-0.1, -0.05) is 12.1 Å². The van der Waals surface area contributed by atoms with Gasteiger partial charge in [0.05, 0.1) is 25.5 Å². The van der Waals surface area contributed by atoms with Crippen LogP contribution in [-0.4, -0.2) is 41.6 Å². The van der Waals surface area contributed by atoms with Gasteiger partial charge in [-0.3, -0.25) is 4.79 Å². The highest BCUT2D eigenvalue weighted by Gasteiger charge is 2.16. The summed E-state index contributed by atoms with van der Waals surface area (Å²) in [5.41, 5.74) is 6.30. The lowest BCUT2D eigenvalue weighted by Crippen LogP contribution is -2.29. The first-order chi connectivity index (χ1) is 12.9. The van der Waals surface area contributed by atoms with Crippen LogP contribution >= 0.6 is 0 Å². The lowest BCUT2D eigenvalue weighted by Gasteiger charge is -2.13. The average molecular weight is 393 g/mol. The first-order valence-electron chi connectivity index (χ1n) is 8.20. The number of benzene rings is 2. The SMILES string of the molecule is COc1cccc(OC)c1CC(=O)Nc1cccc(S(=O)(=O)NCCN)c1. The van der Waals surface area contributed by atoms with Crippen molar-refractivity contribution in [2.45, 2.75) is 11.3 Å². The molecule has 0 bridgehead atoms. The van der Waals surface area contributed by atoms with Crippen LogP contribution in [0.2, 0.25) is 0 Å². The quantitative estimate of drug-likeness (QED) is 0.587. The molecule has 27 heavy (non-hydrogen) atoms. The van der Waals surface area contributed by atoms with E-state index in [1.54, 1.807) is 30.3 Å². The van der Waals surface area contributed by atoms with E-state index in [1.165, 1.54) is 26.4 Å². The van der Waals surface area contributed by atoms with Crippen LogP contribution < -0.4 is 25.2 Å². The van der Waals surface area contributed by atoms with Crippen molar-refractivity contribution in [2.24, 2.45) is 5.73 Å². The fraction of sp³-hybridized carbons (Fsp3) is 0.278. The fourth-order valence-electron chi connectivity index (χ4n) is 2.49. The predicted molar refractivity (Wildman–Crippen MR) is 103 cm³/mol. The maximum atomic E-state index is 12.4. The maximum Gasteiger partial charge on any atom is 0.240 e. The number of methoxy groups -OCH3 is 2. The minimum absolute atomic E-state index is 0.00951. The van der Waals surface area contributed by atoms with E-state index in [9.17, 15) is 13.2 Å². The van der Waals surface area contributed by atoms with Crippen LogP contribution in [0.15, 0.2) is 47.4 Å². The number of nitrogens with one attached hydrogen (secondary N) is 2. The van der Waals surface area contributed by atoms with Gasteiger partial charge in [-0.25, -0.2) is 13.1 Å². The molecule has 0 atom stereocenters. The van der Waals surface area contributed by atoms with Gasteiger partial charge in [-0.15, -0.1) is 0 Å². The molecule has 0 aliphatic rings.